The highest BCUT2D eigenvalue weighted by molar-refractivity contribution is 5.65. The van der Waals surface area contributed by atoms with Crippen molar-refractivity contribution in [1.82, 2.24) is 0 Å². The molecule has 0 N–H and O–H groups in total. The van der Waals surface area contributed by atoms with Crippen molar-refractivity contribution < 1.29 is 8.78 Å². The third kappa shape index (κ3) is 3.16. The van der Waals surface area contributed by atoms with E-state index in [1.54, 1.807) is 31.2 Å². The fraction of sp³-hybridized carbons (Fsp3) is 0.250. The highest BCUT2D eigenvalue weighted by Crippen LogP contribution is 2.25. The lowest BCUT2D eigenvalue weighted by molar-refractivity contribution is 0.617. The lowest BCUT2D eigenvalue weighted by atomic mass is 10.0. The van der Waals surface area contributed by atoms with E-state index in [2.05, 4.69) is 0 Å². The molecule has 0 nitrogen and oxygen atoms in total. The Balaban J connectivity index is 0.000000771. The molecule has 0 atom stereocenters. The normalized spacial score (nSPS) is 9.67. The van der Waals surface area contributed by atoms with Crippen molar-refractivity contribution in [2.45, 2.75) is 27.7 Å². The molecular formula is C16H18F2. The van der Waals surface area contributed by atoms with E-state index in [9.17, 15) is 8.78 Å². The third-order valence-corrected chi connectivity index (χ3v) is 2.60. The van der Waals surface area contributed by atoms with Crippen LogP contribution in [0.5, 0.6) is 0 Å². The summed E-state index contributed by atoms with van der Waals surface area (Å²) in [5.41, 5.74) is 2.54. The summed E-state index contributed by atoms with van der Waals surface area (Å²) in [4.78, 5) is 0. The summed E-state index contributed by atoms with van der Waals surface area (Å²) >= 11 is 0. The van der Waals surface area contributed by atoms with Gasteiger partial charge in [0.15, 0.2) is 0 Å². The van der Waals surface area contributed by atoms with Gasteiger partial charge in [-0.25, -0.2) is 8.78 Å². The monoisotopic (exact) mass is 248 g/mol. The molecule has 2 heteroatoms. The molecule has 2 aromatic carbocycles. The number of hydrogen-bond acceptors (Lipinski definition) is 0. The second-order valence-electron chi connectivity index (χ2n) is 3.95. The molecule has 18 heavy (non-hydrogen) atoms. The van der Waals surface area contributed by atoms with Gasteiger partial charge in [-0.05, 0) is 43.2 Å². The van der Waals surface area contributed by atoms with E-state index in [-0.39, 0.29) is 11.6 Å². The molecule has 0 aliphatic heterocycles. The van der Waals surface area contributed by atoms with Crippen LogP contribution in [0.4, 0.5) is 8.78 Å². The summed E-state index contributed by atoms with van der Waals surface area (Å²) in [7, 11) is 0. The molecule has 0 heterocycles. The van der Waals surface area contributed by atoms with E-state index in [0.717, 1.165) is 5.56 Å². The Hall–Kier alpha value is -1.70. The molecule has 0 spiro atoms. The lowest BCUT2D eigenvalue weighted by Gasteiger charge is -2.06. The zero-order valence-electron chi connectivity index (χ0n) is 11.2. The molecule has 0 unspecified atom stereocenters. The van der Waals surface area contributed by atoms with E-state index >= 15 is 0 Å². The smallest absolute Gasteiger partial charge is 0.131 e. The van der Waals surface area contributed by atoms with E-state index in [4.69, 9.17) is 0 Å². The molecule has 96 valence electrons. The molecule has 0 aromatic heterocycles. The van der Waals surface area contributed by atoms with Crippen LogP contribution in [-0.2, 0) is 0 Å². The summed E-state index contributed by atoms with van der Waals surface area (Å²) < 4.78 is 26.9. The minimum absolute atomic E-state index is 0.307. The van der Waals surface area contributed by atoms with Crippen LogP contribution < -0.4 is 0 Å². The molecular weight excluding hydrogens is 230 g/mol. The maximum absolute atomic E-state index is 13.6. The van der Waals surface area contributed by atoms with E-state index in [0.29, 0.717) is 16.7 Å². The number of rotatable bonds is 1. The van der Waals surface area contributed by atoms with Crippen LogP contribution >= 0.6 is 0 Å². The molecule has 0 aliphatic carbocycles. The Kier molecular flexibility index (Phi) is 5.02. The number of benzene rings is 2. The molecule has 2 rings (SSSR count). The summed E-state index contributed by atoms with van der Waals surface area (Å²) in [6.07, 6.45) is 0. The van der Waals surface area contributed by atoms with E-state index in [1.807, 2.05) is 20.8 Å². The minimum Gasteiger partial charge on any atom is -0.207 e. The maximum Gasteiger partial charge on any atom is 0.131 e. The molecule has 2 aromatic rings. The van der Waals surface area contributed by atoms with Crippen LogP contribution in [0.2, 0.25) is 0 Å². The Morgan fingerprint density at radius 3 is 2.06 bits per heavy atom. The fourth-order valence-electron chi connectivity index (χ4n) is 1.62. The van der Waals surface area contributed by atoms with Crippen LogP contribution in [0, 0.1) is 25.5 Å². The first-order valence-electron chi connectivity index (χ1n) is 6.10. The Labute approximate surface area is 107 Å². The predicted octanol–water partition coefficient (Wildman–Crippen LogP) is 5.27. The second kappa shape index (κ2) is 6.29. The van der Waals surface area contributed by atoms with Gasteiger partial charge in [-0.3, -0.25) is 0 Å². The van der Waals surface area contributed by atoms with Gasteiger partial charge in [0.2, 0.25) is 0 Å². The largest absolute Gasteiger partial charge is 0.207 e. The van der Waals surface area contributed by atoms with Gasteiger partial charge in [0.05, 0.1) is 0 Å². The van der Waals surface area contributed by atoms with Crippen LogP contribution in [0.1, 0.15) is 25.0 Å². The van der Waals surface area contributed by atoms with Crippen LogP contribution in [0.25, 0.3) is 11.1 Å². The number of aryl methyl sites for hydroxylation is 2. The maximum atomic E-state index is 13.6. The topological polar surface area (TPSA) is 0 Å². The zero-order chi connectivity index (χ0) is 13.7. The number of halogens is 2. The Morgan fingerprint density at radius 1 is 0.778 bits per heavy atom. The molecule has 0 bridgehead atoms. The van der Waals surface area contributed by atoms with Crippen molar-refractivity contribution in [3.63, 3.8) is 0 Å². The molecule has 0 saturated carbocycles. The summed E-state index contributed by atoms with van der Waals surface area (Å²) in [5, 5.41) is 0. The van der Waals surface area contributed by atoms with Gasteiger partial charge < -0.3 is 0 Å². The molecule has 0 fully saturated rings. The van der Waals surface area contributed by atoms with Crippen molar-refractivity contribution in [2.24, 2.45) is 0 Å². The van der Waals surface area contributed by atoms with Gasteiger partial charge in [0, 0.05) is 5.56 Å². The predicted molar refractivity (Wildman–Crippen MR) is 72.6 cm³/mol. The molecule has 0 aliphatic rings. The first-order valence-corrected chi connectivity index (χ1v) is 6.10. The van der Waals surface area contributed by atoms with Crippen LogP contribution in [0.15, 0.2) is 36.4 Å². The number of hydrogen-bond donors (Lipinski definition) is 0. The average Bonchev–Trinajstić information content (AvgIpc) is 2.38. The van der Waals surface area contributed by atoms with Crippen LogP contribution in [0.3, 0.4) is 0 Å². The van der Waals surface area contributed by atoms with Gasteiger partial charge in [0.1, 0.15) is 11.6 Å². The summed E-state index contributed by atoms with van der Waals surface area (Å²) in [5.74, 6) is -0.632. The van der Waals surface area contributed by atoms with Gasteiger partial charge in [0.25, 0.3) is 0 Å². The Bertz CT molecular complexity index is 531. The SMILES string of the molecule is CC.Cc1ccc(F)c(-c2ccc(C)c(F)c2)c1. The van der Waals surface area contributed by atoms with Crippen molar-refractivity contribution in [1.29, 1.82) is 0 Å². The van der Waals surface area contributed by atoms with Gasteiger partial charge >= 0.3 is 0 Å². The van der Waals surface area contributed by atoms with Crippen molar-refractivity contribution in [3.05, 3.63) is 59.2 Å². The third-order valence-electron chi connectivity index (χ3n) is 2.60. The molecule has 0 radical (unpaired) electrons. The minimum atomic E-state index is -0.325. The van der Waals surface area contributed by atoms with E-state index in [1.165, 1.54) is 12.1 Å². The standard InChI is InChI=1S/C14H12F2.C2H6/c1-9-3-6-13(15)12(7-9)11-5-4-10(2)14(16)8-11;1-2/h3-8H,1-2H3;1-2H3. The van der Waals surface area contributed by atoms with Crippen molar-refractivity contribution >= 4 is 0 Å². The first kappa shape index (κ1) is 14.4. The van der Waals surface area contributed by atoms with Gasteiger partial charge in [-0.1, -0.05) is 37.6 Å². The quantitative estimate of drug-likeness (QED) is 0.644. The second-order valence-corrected chi connectivity index (χ2v) is 3.95. The fourth-order valence-corrected chi connectivity index (χ4v) is 1.62. The van der Waals surface area contributed by atoms with Gasteiger partial charge in [-0.2, -0.15) is 0 Å². The van der Waals surface area contributed by atoms with Gasteiger partial charge in [-0.15, -0.1) is 0 Å². The Morgan fingerprint density at radius 2 is 1.44 bits per heavy atom. The van der Waals surface area contributed by atoms with Crippen LogP contribution in [-0.4, -0.2) is 0 Å². The molecule has 0 saturated heterocycles. The highest BCUT2D eigenvalue weighted by Gasteiger charge is 2.07. The van der Waals surface area contributed by atoms with Crippen molar-refractivity contribution in [3.8, 4) is 11.1 Å². The zero-order valence-corrected chi connectivity index (χ0v) is 11.2. The summed E-state index contributed by atoms with van der Waals surface area (Å²) in [6.45, 7) is 7.57. The highest BCUT2D eigenvalue weighted by atomic mass is 19.1. The average molecular weight is 248 g/mol. The molecule has 0 amide bonds. The van der Waals surface area contributed by atoms with E-state index < -0.39 is 0 Å². The lowest BCUT2D eigenvalue weighted by Crippen LogP contribution is -1.88. The first-order chi connectivity index (χ1) is 8.58. The summed E-state index contributed by atoms with van der Waals surface area (Å²) in [6, 6.07) is 9.58. The van der Waals surface area contributed by atoms with Crippen molar-refractivity contribution in [2.75, 3.05) is 0 Å².